The van der Waals surface area contributed by atoms with Gasteiger partial charge in [-0.1, -0.05) is 32.9 Å². The summed E-state index contributed by atoms with van der Waals surface area (Å²) in [4.78, 5) is 10.3. The number of hydrogen-bond donors (Lipinski definition) is 0. The number of halogens is 1. The number of carbonyl (C=O) groups excluding carboxylic acids is 1. The summed E-state index contributed by atoms with van der Waals surface area (Å²) in [6, 6.07) is 0. The lowest BCUT2D eigenvalue weighted by atomic mass is 10.2. The van der Waals surface area contributed by atoms with E-state index in [1.165, 1.54) is 0 Å². The lowest BCUT2D eigenvalue weighted by molar-refractivity contribution is 0.186. The van der Waals surface area contributed by atoms with E-state index in [0.29, 0.717) is 0 Å². The topological polar surface area (TPSA) is 35.5 Å². The SMILES string of the molecule is CC(C)(C)[Si](C)(C)OCCCC/C=C/COC(=O)Cl. The highest BCUT2D eigenvalue weighted by Gasteiger charge is 2.36. The molecule has 0 saturated carbocycles. The first-order valence-electron chi connectivity index (χ1n) is 6.78. The minimum absolute atomic E-state index is 0.253. The highest BCUT2D eigenvalue weighted by molar-refractivity contribution is 6.74. The molecule has 19 heavy (non-hydrogen) atoms. The predicted octanol–water partition coefficient (Wildman–Crippen LogP) is 5.11. The molecule has 3 nitrogen and oxygen atoms in total. The lowest BCUT2D eigenvalue weighted by Crippen LogP contribution is -2.40. The summed E-state index contributed by atoms with van der Waals surface area (Å²) in [6.07, 6.45) is 6.94. The fraction of sp³-hybridized carbons (Fsp3) is 0.786. The third-order valence-electron chi connectivity index (χ3n) is 3.49. The van der Waals surface area contributed by atoms with Crippen molar-refractivity contribution in [3.05, 3.63) is 12.2 Å². The van der Waals surface area contributed by atoms with Crippen molar-refractivity contribution in [2.24, 2.45) is 0 Å². The quantitative estimate of drug-likeness (QED) is 0.270. The predicted molar refractivity (Wildman–Crippen MR) is 83.3 cm³/mol. The Labute approximate surface area is 123 Å². The van der Waals surface area contributed by atoms with Crippen LogP contribution in [0, 0.1) is 0 Å². The number of hydrogen-bond acceptors (Lipinski definition) is 3. The molecule has 0 amide bonds. The van der Waals surface area contributed by atoms with Gasteiger partial charge in [0.2, 0.25) is 0 Å². The molecule has 0 aromatic rings. The van der Waals surface area contributed by atoms with Crippen LogP contribution in [0.4, 0.5) is 4.79 Å². The maximum Gasteiger partial charge on any atom is 0.404 e. The van der Waals surface area contributed by atoms with Crippen LogP contribution < -0.4 is 0 Å². The molecule has 5 heteroatoms. The molecule has 0 aromatic carbocycles. The molecule has 0 bridgehead atoms. The highest BCUT2D eigenvalue weighted by Crippen LogP contribution is 2.36. The van der Waals surface area contributed by atoms with Crippen molar-refractivity contribution >= 4 is 25.3 Å². The van der Waals surface area contributed by atoms with Gasteiger partial charge >= 0.3 is 5.43 Å². The number of rotatable bonds is 8. The summed E-state index contributed by atoms with van der Waals surface area (Å²) in [7, 11) is -1.59. The first-order chi connectivity index (χ1) is 8.67. The minimum atomic E-state index is -1.59. The zero-order chi connectivity index (χ0) is 14.9. The van der Waals surface area contributed by atoms with Crippen molar-refractivity contribution in [1.82, 2.24) is 0 Å². The second-order valence-corrected chi connectivity index (χ2v) is 11.2. The Morgan fingerprint density at radius 1 is 1.21 bits per heavy atom. The van der Waals surface area contributed by atoms with E-state index >= 15 is 0 Å². The van der Waals surface area contributed by atoms with Crippen molar-refractivity contribution < 1.29 is 14.0 Å². The molecule has 0 N–H and O–H groups in total. The molecule has 0 radical (unpaired) electrons. The van der Waals surface area contributed by atoms with Crippen molar-refractivity contribution in [2.45, 2.75) is 58.2 Å². The van der Waals surface area contributed by atoms with Gasteiger partial charge in [0.25, 0.3) is 0 Å². The maximum absolute atomic E-state index is 10.3. The van der Waals surface area contributed by atoms with Crippen LogP contribution in [-0.4, -0.2) is 27.0 Å². The molecule has 0 aliphatic carbocycles. The summed E-state index contributed by atoms with van der Waals surface area (Å²) in [5, 5.41) is 0.276. The van der Waals surface area contributed by atoms with Crippen LogP contribution in [0.25, 0.3) is 0 Å². The van der Waals surface area contributed by atoms with Gasteiger partial charge in [-0.2, -0.15) is 0 Å². The average molecular weight is 307 g/mol. The molecule has 0 fully saturated rings. The molecule has 0 aliphatic heterocycles. The van der Waals surface area contributed by atoms with E-state index in [9.17, 15) is 4.79 Å². The van der Waals surface area contributed by atoms with Gasteiger partial charge < -0.3 is 9.16 Å². The first kappa shape index (κ1) is 18.7. The third kappa shape index (κ3) is 9.25. The van der Waals surface area contributed by atoms with Crippen molar-refractivity contribution in [1.29, 1.82) is 0 Å². The number of carbonyl (C=O) groups is 1. The van der Waals surface area contributed by atoms with Gasteiger partial charge in [-0.25, -0.2) is 4.79 Å². The summed E-state index contributed by atoms with van der Waals surface area (Å²) < 4.78 is 10.7. The fourth-order valence-electron chi connectivity index (χ4n) is 1.21. The Kier molecular flexibility index (Phi) is 8.62. The van der Waals surface area contributed by atoms with Gasteiger partial charge in [0.1, 0.15) is 6.61 Å². The second kappa shape index (κ2) is 8.77. The van der Waals surface area contributed by atoms with E-state index in [1.54, 1.807) is 0 Å². The van der Waals surface area contributed by atoms with E-state index in [2.05, 4.69) is 38.6 Å². The van der Waals surface area contributed by atoms with E-state index in [0.717, 1.165) is 25.9 Å². The molecule has 0 atom stereocenters. The van der Waals surface area contributed by atoms with Crippen molar-refractivity contribution in [2.75, 3.05) is 13.2 Å². The zero-order valence-corrected chi connectivity index (χ0v) is 14.5. The number of unbranched alkanes of at least 4 members (excludes halogenated alkanes) is 2. The Morgan fingerprint density at radius 3 is 2.37 bits per heavy atom. The molecule has 0 aliphatic rings. The van der Waals surface area contributed by atoms with Crippen LogP contribution in [0.15, 0.2) is 12.2 Å². The second-order valence-electron chi connectivity index (χ2n) is 6.12. The molecule has 0 unspecified atom stereocenters. The Hall–Kier alpha value is -0.323. The van der Waals surface area contributed by atoms with Gasteiger partial charge in [-0.3, -0.25) is 0 Å². The Bertz CT molecular complexity index is 296. The van der Waals surface area contributed by atoms with Gasteiger partial charge in [0, 0.05) is 18.2 Å². The molecule has 0 rings (SSSR count). The molecular formula is C14H27ClO3Si. The minimum Gasteiger partial charge on any atom is -0.449 e. The summed E-state index contributed by atoms with van der Waals surface area (Å²) in [6.45, 7) is 12.4. The maximum atomic E-state index is 10.3. The molecule has 0 heterocycles. The summed E-state index contributed by atoms with van der Waals surface area (Å²) in [5.41, 5.74) is -0.757. The molecular weight excluding hydrogens is 280 g/mol. The van der Waals surface area contributed by atoms with Gasteiger partial charge in [0.15, 0.2) is 8.32 Å². The lowest BCUT2D eigenvalue weighted by Gasteiger charge is -2.36. The van der Waals surface area contributed by atoms with Crippen molar-refractivity contribution in [3.63, 3.8) is 0 Å². The average Bonchev–Trinajstić information content (AvgIpc) is 2.24. The van der Waals surface area contributed by atoms with Gasteiger partial charge in [-0.05, 0) is 37.4 Å². The van der Waals surface area contributed by atoms with E-state index in [-0.39, 0.29) is 11.6 Å². The largest absolute Gasteiger partial charge is 0.449 e. The van der Waals surface area contributed by atoms with E-state index in [4.69, 9.17) is 16.0 Å². The fourth-order valence-corrected chi connectivity index (χ4v) is 2.36. The zero-order valence-electron chi connectivity index (χ0n) is 12.8. The van der Waals surface area contributed by atoms with E-state index < -0.39 is 13.7 Å². The Morgan fingerprint density at radius 2 is 1.84 bits per heavy atom. The van der Waals surface area contributed by atoms with Crippen LogP contribution in [0.3, 0.4) is 0 Å². The van der Waals surface area contributed by atoms with Gasteiger partial charge in [0.05, 0.1) is 0 Å². The van der Waals surface area contributed by atoms with Crippen LogP contribution >= 0.6 is 11.6 Å². The summed E-state index contributed by atoms with van der Waals surface area (Å²) in [5.74, 6) is 0. The van der Waals surface area contributed by atoms with Crippen LogP contribution in [0.5, 0.6) is 0 Å². The number of allylic oxidation sites excluding steroid dienone is 1. The van der Waals surface area contributed by atoms with Crippen LogP contribution in [-0.2, 0) is 9.16 Å². The standard InChI is InChI=1S/C14H27ClO3Si/c1-14(2,3)19(4,5)18-12-10-8-6-7-9-11-17-13(15)16/h7,9H,6,8,10-12H2,1-5H3/b9-7+. The van der Waals surface area contributed by atoms with Crippen molar-refractivity contribution in [3.8, 4) is 0 Å². The smallest absolute Gasteiger partial charge is 0.404 e. The molecule has 0 aromatic heterocycles. The third-order valence-corrected chi connectivity index (χ3v) is 8.14. The van der Waals surface area contributed by atoms with Gasteiger partial charge in [-0.15, -0.1) is 0 Å². The highest BCUT2D eigenvalue weighted by atomic mass is 35.5. The van der Waals surface area contributed by atoms with Crippen LogP contribution in [0.1, 0.15) is 40.0 Å². The molecule has 112 valence electrons. The van der Waals surface area contributed by atoms with E-state index in [1.807, 2.05) is 12.2 Å². The number of ether oxygens (including phenoxy) is 1. The molecule has 0 spiro atoms. The Balaban J connectivity index is 3.58. The monoisotopic (exact) mass is 306 g/mol. The first-order valence-corrected chi connectivity index (χ1v) is 10.1. The summed E-state index contributed by atoms with van der Waals surface area (Å²) >= 11 is 5.03. The molecule has 0 saturated heterocycles. The normalized spacial score (nSPS) is 12.9. The van der Waals surface area contributed by atoms with Crippen LogP contribution in [0.2, 0.25) is 18.1 Å².